The summed E-state index contributed by atoms with van der Waals surface area (Å²) in [7, 11) is 0. The van der Waals surface area contributed by atoms with Gasteiger partial charge in [0.1, 0.15) is 17.6 Å². The highest BCUT2D eigenvalue weighted by molar-refractivity contribution is 6.30. The lowest BCUT2D eigenvalue weighted by Gasteiger charge is -2.20. The van der Waals surface area contributed by atoms with E-state index in [-0.39, 0.29) is 18.6 Å². The summed E-state index contributed by atoms with van der Waals surface area (Å²) in [5.74, 6) is 0.655. The van der Waals surface area contributed by atoms with E-state index in [0.29, 0.717) is 34.8 Å². The molecule has 0 saturated carbocycles. The monoisotopic (exact) mass is 408 g/mol. The molecule has 0 saturated heterocycles. The molecule has 1 atom stereocenters. The number of rotatable bonds is 6. The van der Waals surface area contributed by atoms with Gasteiger partial charge in [-0.2, -0.15) is 5.10 Å². The van der Waals surface area contributed by atoms with E-state index >= 15 is 0 Å². The van der Waals surface area contributed by atoms with Gasteiger partial charge in [0.25, 0.3) is 5.91 Å². The highest BCUT2D eigenvalue weighted by Crippen LogP contribution is 2.33. The van der Waals surface area contributed by atoms with Gasteiger partial charge in [-0.25, -0.2) is 5.01 Å². The van der Waals surface area contributed by atoms with E-state index in [1.807, 2.05) is 18.2 Å². The van der Waals surface area contributed by atoms with Crippen molar-refractivity contribution in [3.8, 4) is 5.75 Å². The smallest absolute Gasteiger partial charge is 0.281 e. The second-order valence-corrected chi connectivity index (χ2v) is 6.91. The van der Waals surface area contributed by atoms with Crippen LogP contribution < -0.4 is 4.74 Å². The topological polar surface area (TPSA) is 72.1 Å². The van der Waals surface area contributed by atoms with Crippen molar-refractivity contribution in [2.45, 2.75) is 12.5 Å². The summed E-state index contributed by atoms with van der Waals surface area (Å²) >= 11 is 5.97. The minimum absolute atomic E-state index is 0.251. The lowest BCUT2D eigenvalue weighted by molar-refractivity contribution is -0.135. The van der Waals surface area contributed by atoms with Gasteiger partial charge in [-0.1, -0.05) is 35.9 Å². The second-order valence-electron chi connectivity index (χ2n) is 6.47. The van der Waals surface area contributed by atoms with Crippen LogP contribution in [0.5, 0.6) is 5.75 Å². The first-order chi connectivity index (χ1) is 14.2. The summed E-state index contributed by atoms with van der Waals surface area (Å²) in [6.07, 6.45) is 2.76. The third-order valence-corrected chi connectivity index (χ3v) is 4.86. The molecule has 146 valence electrons. The number of para-hydroxylation sites is 1. The number of carbonyl (C=O) groups excluding carboxylic acids is 2. The highest BCUT2D eigenvalue weighted by atomic mass is 35.5. The fraction of sp³-hybridized carbons (Fsp3) is 0.136. The van der Waals surface area contributed by atoms with Crippen LogP contribution in [0.25, 0.3) is 0 Å². The summed E-state index contributed by atoms with van der Waals surface area (Å²) in [5.41, 5.74) is 2.02. The number of furan rings is 1. The van der Waals surface area contributed by atoms with Crippen molar-refractivity contribution in [2.24, 2.45) is 5.10 Å². The molecule has 29 heavy (non-hydrogen) atoms. The van der Waals surface area contributed by atoms with Crippen LogP contribution in [0.4, 0.5) is 0 Å². The molecule has 0 radical (unpaired) electrons. The van der Waals surface area contributed by atoms with Gasteiger partial charge in [0.05, 0.1) is 17.5 Å². The Kier molecular flexibility index (Phi) is 5.44. The molecule has 1 amide bonds. The fourth-order valence-electron chi connectivity index (χ4n) is 3.17. The van der Waals surface area contributed by atoms with Crippen LogP contribution in [0.1, 0.15) is 34.1 Å². The lowest BCUT2D eigenvalue weighted by atomic mass is 10.0. The van der Waals surface area contributed by atoms with Crippen LogP contribution in [-0.2, 0) is 4.79 Å². The SMILES string of the molecule is O=Cc1ccccc1OCC(=O)N1N=C(c2ccc(Cl)cc2)C[C@@H]1c1ccco1. The summed E-state index contributed by atoms with van der Waals surface area (Å²) in [5, 5.41) is 6.54. The van der Waals surface area contributed by atoms with Crippen molar-refractivity contribution >= 4 is 29.5 Å². The molecule has 4 rings (SSSR count). The maximum Gasteiger partial charge on any atom is 0.281 e. The number of benzene rings is 2. The van der Waals surface area contributed by atoms with Crippen molar-refractivity contribution in [1.82, 2.24) is 5.01 Å². The summed E-state index contributed by atoms with van der Waals surface area (Å²) in [4.78, 5) is 24.0. The van der Waals surface area contributed by atoms with E-state index in [9.17, 15) is 9.59 Å². The summed E-state index contributed by atoms with van der Waals surface area (Å²) < 4.78 is 11.1. The Morgan fingerprint density at radius 2 is 1.97 bits per heavy atom. The zero-order chi connectivity index (χ0) is 20.2. The van der Waals surface area contributed by atoms with E-state index in [2.05, 4.69) is 5.10 Å². The molecule has 1 aliphatic heterocycles. The average Bonchev–Trinajstić information content (AvgIpc) is 3.42. The molecule has 1 aromatic heterocycles. The van der Waals surface area contributed by atoms with Crippen LogP contribution in [-0.4, -0.2) is 29.5 Å². The molecule has 0 spiro atoms. The van der Waals surface area contributed by atoms with Gasteiger partial charge in [-0.05, 0) is 42.0 Å². The second kappa shape index (κ2) is 8.32. The van der Waals surface area contributed by atoms with E-state index in [1.54, 1.807) is 48.7 Å². The van der Waals surface area contributed by atoms with Gasteiger partial charge in [-0.15, -0.1) is 0 Å². The molecule has 0 unspecified atom stereocenters. The van der Waals surface area contributed by atoms with Crippen LogP contribution in [0.15, 0.2) is 76.4 Å². The first kappa shape index (κ1) is 19.0. The van der Waals surface area contributed by atoms with E-state index in [1.165, 1.54) is 5.01 Å². The van der Waals surface area contributed by atoms with E-state index < -0.39 is 0 Å². The van der Waals surface area contributed by atoms with Gasteiger partial charge < -0.3 is 9.15 Å². The zero-order valence-corrected chi connectivity index (χ0v) is 16.1. The normalized spacial score (nSPS) is 15.8. The maximum atomic E-state index is 12.9. The van der Waals surface area contributed by atoms with Crippen LogP contribution >= 0.6 is 11.6 Å². The van der Waals surface area contributed by atoms with Crippen molar-refractivity contribution in [3.05, 3.63) is 88.8 Å². The Morgan fingerprint density at radius 1 is 1.17 bits per heavy atom. The predicted octanol–water partition coefficient (Wildman–Crippen LogP) is 4.50. The molecular formula is C22H17ClN2O4. The Hall–Kier alpha value is -3.38. The number of hydrazone groups is 1. The average molecular weight is 409 g/mol. The van der Waals surface area contributed by atoms with Crippen molar-refractivity contribution in [2.75, 3.05) is 6.61 Å². The van der Waals surface area contributed by atoms with Gasteiger partial charge in [0, 0.05) is 11.4 Å². The van der Waals surface area contributed by atoms with Crippen LogP contribution in [0.2, 0.25) is 5.02 Å². The Balaban J connectivity index is 1.56. The van der Waals surface area contributed by atoms with E-state index in [0.717, 1.165) is 11.3 Å². The van der Waals surface area contributed by atoms with Crippen molar-refractivity contribution in [1.29, 1.82) is 0 Å². The van der Waals surface area contributed by atoms with Gasteiger partial charge >= 0.3 is 0 Å². The standard InChI is InChI=1S/C22H17ClN2O4/c23-17-9-7-15(8-10-17)18-12-19(21-6-3-11-28-21)25(24-18)22(27)14-29-20-5-2-1-4-16(20)13-26/h1-11,13,19H,12,14H2/t19-/m1/s1. The molecule has 1 aliphatic rings. The number of nitrogens with zero attached hydrogens (tertiary/aromatic N) is 2. The largest absolute Gasteiger partial charge is 0.483 e. The Morgan fingerprint density at radius 3 is 2.69 bits per heavy atom. The van der Waals surface area contributed by atoms with Gasteiger partial charge in [0.2, 0.25) is 0 Å². The molecule has 6 nitrogen and oxygen atoms in total. The highest BCUT2D eigenvalue weighted by Gasteiger charge is 2.35. The first-order valence-electron chi connectivity index (χ1n) is 9.01. The number of ether oxygens (including phenoxy) is 1. The zero-order valence-electron chi connectivity index (χ0n) is 15.3. The van der Waals surface area contributed by atoms with Gasteiger partial charge in [-0.3, -0.25) is 9.59 Å². The summed E-state index contributed by atoms with van der Waals surface area (Å²) in [6, 6.07) is 17.3. The molecule has 2 aromatic carbocycles. The maximum absolute atomic E-state index is 12.9. The number of aldehydes is 1. The molecule has 0 N–H and O–H groups in total. The number of carbonyl (C=O) groups is 2. The third-order valence-electron chi connectivity index (χ3n) is 4.61. The molecule has 2 heterocycles. The number of hydrogen-bond donors (Lipinski definition) is 0. The Bertz CT molecular complexity index is 1040. The number of amides is 1. The van der Waals surface area contributed by atoms with E-state index in [4.69, 9.17) is 20.8 Å². The number of halogens is 1. The first-order valence-corrected chi connectivity index (χ1v) is 9.39. The van der Waals surface area contributed by atoms with Crippen molar-refractivity contribution in [3.63, 3.8) is 0 Å². The Labute approximate surface area is 172 Å². The van der Waals surface area contributed by atoms with Gasteiger partial charge in [0.15, 0.2) is 12.9 Å². The molecule has 0 bridgehead atoms. The molecule has 3 aromatic rings. The predicted molar refractivity (Wildman–Crippen MR) is 108 cm³/mol. The molecule has 7 heteroatoms. The molecular weight excluding hydrogens is 392 g/mol. The third kappa shape index (κ3) is 4.07. The minimum atomic E-state index is -0.368. The quantitative estimate of drug-likeness (QED) is 0.563. The lowest BCUT2D eigenvalue weighted by Crippen LogP contribution is -2.31. The fourth-order valence-corrected chi connectivity index (χ4v) is 3.30. The minimum Gasteiger partial charge on any atom is -0.483 e. The number of hydrogen-bond acceptors (Lipinski definition) is 5. The van der Waals surface area contributed by atoms with Crippen molar-refractivity contribution < 1.29 is 18.7 Å². The molecule has 0 aliphatic carbocycles. The molecule has 0 fully saturated rings. The van der Waals surface area contributed by atoms with Crippen LogP contribution in [0.3, 0.4) is 0 Å². The summed E-state index contributed by atoms with van der Waals surface area (Å²) in [6.45, 7) is -0.251. The van der Waals surface area contributed by atoms with Crippen LogP contribution in [0, 0.1) is 0 Å².